The first-order chi connectivity index (χ1) is 32.7. The molecule has 0 bridgehead atoms. The first-order valence-electron chi connectivity index (χ1n) is 25.8. The first-order valence-corrected chi connectivity index (χ1v) is 25.8. The quantitative estimate of drug-likeness (QED) is 0.0150. The minimum absolute atomic E-state index is 0.0853. The Kier molecular flexibility index (Phi) is 39.9. The maximum Gasteiger partial charge on any atom is 0.306 e. The number of unbranched alkanes of at least 4 members (excludes halogenated alkanes) is 16. The molecule has 1 rings (SSSR count). The predicted molar refractivity (Wildman–Crippen MR) is 273 cm³/mol. The van der Waals surface area contributed by atoms with Crippen molar-refractivity contribution in [3.63, 3.8) is 0 Å². The van der Waals surface area contributed by atoms with Crippen LogP contribution in [0.15, 0.2) is 109 Å². The number of carbonyl (C=O) groups excluding carboxylic acids is 2. The van der Waals surface area contributed by atoms with E-state index in [9.17, 15) is 35.1 Å². The molecule has 0 aromatic rings. The molecule has 67 heavy (non-hydrogen) atoms. The lowest BCUT2D eigenvalue weighted by Gasteiger charge is -2.41. The van der Waals surface area contributed by atoms with Gasteiger partial charge >= 0.3 is 5.97 Å². The van der Waals surface area contributed by atoms with Gasteiger partial charge in [0.1, 0.15) is 24.4 Å². The highest BCUT2D eigenvalue weighted by atomic mass is 16.7. The monoisotopic (exact) mass is 938 g/mol. The molecule has 0 radical (unpaired) electrons. The molecule has 8 unspecified atom stereocenters. The average Bonchev–Trinajstić information content (AvgIpc) is 3.32. The van der Waals surface area contributed by atoms with Crippen LogP contribution >= 0.6 is 0 Å². The van der Waals surface area contributed by atoms with E-state index >= 15 is 0 Å². The molecule has 0 aromatic carbocycles. The van der Waals surface area contributed by atoms with Crippen molar-refractivity contribution < 1.29 is 49.3 Å². The lowest BCUT2D eigenvalue weighted by Crippen LogP contribution is -2.61. The zero-order valence-corrected chi connectivity index (χ0v) is 41.5. The van der Waals surface area contributed by atoms with Crippen LogP contribution in [0.2, 0.25) is 0 Å². The Hall–Kier alpha value is -3.68. The molecule has 6 N–H and O–H groups in total. The number of esters is 1. The normalized spacial score (nSPS) is 21.0. The van der Waals surface area contributed by atoms with Gasteiger partial charge in [0.2, 0.25) is 5.91 Å². The summed E-state index contributed by atoms with van der Waals surface area (Å²) >= 11 is 0. The SMILES string of the molecule is CC/C=C/C=C/C=C\C=C/C=C/CCC(O)C(=O)NC(COC1OC(CO)C(O)C(O)C1OC(=O)CCCCCCC\C=C/C=C/C=C/CC)C(O)/C=C/CCCCCCCCCCCCC. The Labute approximate surface area is 405 Å². The summed E-state index contributed by atoms with van der Waals surface area (Å²) < 4.78 is 17.4. The molecular weight excluding hydrogens is 847 g/mol. The molecule has 8 atom stereocenters. The fourth-order valence-electron chi connectivity index (χ4n) is 7.26. The number of ether oxygens (including phenoxy) is 3. The topological polar surface area (TPSA) is 175 Å². The molecule has 11 heteroatoms. The van der Waals surface area contributed by atoms with E-state index in [4.69, 9.17) is 14.2 Å². The minimum Gasteiger partial charge on any atom is -0.454 e. The average molecular weight is 938 g/mol. The number of hydrogen-bond donors (Lipinski definition) is 6. The van der Waals surface area contributed by atoms with Crippen LogP contribution in [-0.4, -0.2) is 99.6 Å². The zero-order valence-electron chi connectivity index (χ0n) is 41.5. The second kappa shape index (κ2) is 43.6. The molecule has 1 amide bonds. The summed E-state index contributed by atoms with van der Waals surface area (Å²) in [4.78, 5) is 26.3. The van der Waals surface area contributed by atoms with Crippen molar-refractivity contribution in [3.8, 4) is 0 Å². The molecule has 0 spiro atoms. The number of hydrogen-bond acceptors (Lipinski definition) is 10. The molecule has 1 fully saturated rings. The summed E-state index contributed by atoms with van der Waals surface area (Å²) in [6, 6.07) is -1.07. The highest BCUT2D eigenvalue weighted by Gasteiger charge is 2.47. The van der Waals surface area contributed by atoms with Crippen LogP contribution in [0, 0.1) is 0 Å². The van der Waals surface area contributed by atoms with Gasteiger partial charge < -0.3 is 45.1 Å². The van der Waals surface area contributed by atoms with Crippen molar-refractivity contribution in [2.24, 2.45) is 0 Å². The molecular formula is C56H91NO10. The van der Waals surface area contributed by atoms with Gasteiger partial charge in [0.15, 0.2) is 12.4 Å². The maximum absolute atomic E-state index is 13.3. The molecule has 0 aromatic heterocycles. The number of amides is 1. The summed E-state index contributed by atoms with van der Waals surface area (Å²) in [5, 5.41) is 56.4. The number of allylic oxidation sites excluding steroid dienone is 17. The maximum atomic E-state index is 13.3. The number of aliphatic hydroxyl groups excluding tert-OH is 5. The first kappa shape index (κ1) is 61.3. The molecule has 0 aliphatic carbocycles. The van der Waals surface area contributed by atoms with E-state index in [1.165, 1.54) is 51.4 Å². The number of nitrogens with one attached hydrogen (secondary N) is 1. The van der Waals surface area contributed by atoms with Gasteiger partial charge in [0.05, 0.1) is 25.4 Å². The summed E-state index contributed by atoms with van der Waals surface area (Å²) in [7, 11) is 0. The third-order valence-corrected chi connectivity index (χ3v) is 11.4. The second-order valence-corrected chi connectivity index (χ2v) is 17.3. The van der Waals surface area contributed by atoms with Crippen molar-refractivity contribution in [1.82, 2.24) is 5.32 Å². The number of aliphatic hydroxyl groups is 5. The van der Waals surface area contributed by atoms with E-state index in [1.807, 2.05) is 85.1 Å². The van der Waals surface area contributed by atoms with Gasteiger partial charge in [-0.25, -0.2) is 0 Å². The molecule has 11 nitrogen and oxygen atoms in total. The highest BCUT2D eigenvalue weighted by Crippen LogP contribution is 2.26. The van der Waals surface area contributed by atoms with Crippen molar-refractivity contribution in [2.45, 2.75) is 217 Å². The van der Waals surface area contributed by atoms with Gasteiger partial charge in [-0.2, -0.15) is 0 Å². The van der Waals surface area contributed by atoms with Gasteiger partial charge in [-0.15, -0.1) is 0 Å². The predicted octanol–water partition coefficient (Wildman–Crippen LogP) is 10.6. The van der Waals surface area contributed by atoms with Gasteiger partial charge in [-0.3, -0.25) is 9.59 Å². The van der Waals surface area contributed by atoms with Crippen molar-refractivity contribution in [1.29, 1.82) is 0 Å². The van der Waals surface area contributed by atoms with Gasteiger partial charge in [0, 0.05) is 6.42 Å². The Morgan fingerprint density at radius 3 is 1.61 bits per heavy atom. The summed E-state index contributed by atoms with van der Waals surface area (Å²) in [5.74, 6) is -1.31. The van der Waals surface area contributed by atoms with Crippen LogP contribution in [0.3, 0.4) is 0 Å². The van der Waals surface area contributed by atoms with Crippen molar-refractivity contribution in [3.05, 3.63) is 109 Å². The molecule has 0 saturated carbocycles. The van der Waals surface area contributed by atoms with Crippen LogP contribution in [0.25, 0.3) is 0 Å². The summed E-state index contributed by atoms with van der Waals surface area (Å²) in [5.41, 5.74) is 0. The van der Waals surface area contributed by atoms with Crippen LogP contribution < -0.4 is 5.32 Å². The van der Waals surface area contributed by atoms with E-state index in [0.29, 0.717) is 12.8 Å². The van der Waals surface area contributed by atoms with Gasteiger partial charge in [-0.1, -0.05) is 214 Å². The van der Waals surface area contributed by atoms with Gasteiger partial charge in [0.25, 0.3) is 0 Å². The molecule has 1 aliphatic rings. The van der Waals surface area contributed by atoms with Crippen molar-refractivity contribution >= 4 is 11.9 Å². The van der Waals surface area contributed by atoms with E-state index in [2.05, 4.69) is 44.3 Å². The van der Waals surface area contributed by atoms with Gasteiger partial charge in [-0.05, 0) is 57.8 Å². The summed E-state index contributed by atoms with van der Waals surface area (Å²) in [6.07, 6.45) is 47.3. The molecule has 380 valence electrons. The smallest absolute Gasteiger partial charge is 0.306 e. The second-order valence-electron chi connectivity index (χ2n) is 17.3. The van der Waals surface area contributed by atoms with Crippen molar-refractivity contribution in [2.75, 3.05) is 13.2 Å². The zero-order chi connectivity index (χ0) is 49.0. The minimum atomic E-state index is -1.64. The third-order valence-electron chi connectivity index (χ3n) is 11.4. The fraction of sp³-hybridized carbons (Fsp3) is 0.643. The Morgan fingerprint density at radius 1 is 0.597 bits per heavy atom. The van der Waals surface area contributed by atoms with E-state index in [-0.39, 0.29) is 19.4 Å². The highest BCUT2D eigenvalue weighted by molar-refractivity contribution is 5.80. The summed E-state index contributed by atoms with van der Waals surface area (Å²) in [6.45, 7) is 5.40. The Balaban J connectivity index is 2.87. The Bertz CT molecular complexity index is 1500. The van der Waals surface area contributed by atoms with Crippen LogP contribution in [0.4, 0.5) is 0 Å². The molecule has 1 heterocycles. The van der Waals surface area contributed by atoms with Crippen LogP contribution in [-0.2, 0) is 23.8 Å². The largest absolute Gasteiger partial charge is 0.454 e. The van der Waals surface area contributed by atoms with E-state index in [0.717, 1.165) is 70.6 Å². The van der Waals surface area contributed by atoms with Crippen LogP contribution in [0.1, 0.15) is 168 Å². The Morgan fingerprint density at radius 2 is 1.07 bits per heavy atom. The molecule has 1 aliphatic heterocycles. The number of rotatable bonds is 40. The van der Waals surface area contributed by atoms with Crippen LogP contribution in [0.5, 0.6) is 0 Å². The third kappa shape index (κ3) is 32.7. The van der Waals surface area contributed by atoms with E-state index in [1.54, 1.807) is 6.08 Å². The van der Waals surface area contributed by atoms with E-state index < -0.39 is 67.4 Å². The lowest BCUT2D eigenvalue weighted by molar-refractivity contribution is -0.305. The lowest BCUT2D eigenvalue weighted by atomic mass is 9.99. The molecule has 1 saturated heterocycles. The number of carbonyl (C=O) groups is 2. The standard InChI is InChI=1S/C56H91NO10/c1-4-7-10-13-16-19-22-25-28-30-33-36-39-42-48(59)47(57-55(64)49(60)43-40-37-34-31-27-24-21-18-15-12-9-6-3)46-65-56-54(53(63)52(62)50(45-58)66-56)67-51(61)44-41-38-35-32-29-26-23-20-17-14-11-8-5-2/h8-9,11-12,14-15,17-18,20-21,23-24,27,31,34,37,39,42,47-50,52-54,56,58-60,62-63H,4-7,10,13,16,19,22,25-26,28-30,32-33,35-36,38,40-41,43-46H2,1-3H3,(H,57,64)/b11-8+,12-9+,17-14+,18-15+,23-20-,24-21-,31-27-,37-34+,42-39+. The fourth-order valence-corrected chi connectivity index (χ4v) is 7.26.